The van der Waals surface area contributed by atoms with Gasteiger partial charge < -0.3 is 4.74 Å². The van der Waals surface area contributed by atoms with Gasteiger partial charge in [0.2, 0.25) is 0 Å². The molecule has 1 aliphatic heterocycles. The number of hydrogen-bond acceptors (Lipinski definition) is 4. The molecular weight excluding hydrogens is 731 g/mol. The summed E-state index contributed by atoms with van der Waals surface area (Å²) >= 11 is 0. The van der Waals surface area contributed by atoms with E-state index >= 15 is 0 Å². The predicted octanol–water partition coefficient (Wildman–Crippen LogP) is 13.5. The smallest absolute Gasteiger partial charge is 0.164 e. The normalized spacial score (nSPS) is 22.1. The number of rotatable bonds is 5. The Labute approximate surface area is 351 Å². The van der Waals surface area contributed by atoms with Crippen LogP contribution in [0.4, 0.5) is 0 Å². The summed E-state index contributed by atoms with van der Waals surface area (Å²) in [5.41, 5.74) is 13.6. The van der Waals surface area contributed by atoms with Crippen molar-refractivity contribution in [1.29, 1.82) is 0 Å². The van der Waals surface area contributed by atoms with E-state index < -0.39 is 5.41 Å². The molecule has 7 aromatic carbocycles. The third kappa shape index (κ3) is 4.94. The summed E-state index contributed by atoms with van der Waals surface area (Å²) in [6.45, 7) is 0. The summed E-state index contributed by atoms with van der Waals surface area (Å²) in [5.74, 6) is 6.65. The lowest BCUT2D eigenvalue weighted by Gasteiger charge is -2.56. The van der Waals surface area contributed by atoms with E-state index in [1.54, 1.807) is 0 Å². The Kier molecular flexibility index (Phi) is 7.37. The van der Waals surface area contributed by atoms with Crippen molar-refractivity contribution in [3.8, 4) is 67.7 Å². The molecule has 0 saturated heterocycles. The van der Waals surface area contributed by atoms with Crippen molar-refractivity contribution >= 4 is 0 Å². The molecule has 0 amide bonds. The van der Waals surface area contributed by atoms with Gasteiger partial charge in [-0.3, -0.25) is 0 Å². The first-order valence-electron chi connectivity index (χ1n) is 21.8. The molecule has 0 atom stereocenters. The van der Waals surface area contributed by atoms with Crippen molar-refractivity contribution in [2.75, 3.05) is 0 Å². The lowest BCUT2D eigenvalue weighted by atomic mass is 9.49. The molecule has 4 saturated carbocycles. The number of benzene rings is 7. The third-order valence-electron chi connectivity index (χ3n) is 14.7. The number of aromatic nitrogens is 3. The molecule has 1 aromatic heterocycles. The Morgan fingerprint density at radius 2 is 0.883 bits per heavy atom. The zero-order valence-corrected chi connectivity index (χ0v) is 33.4. The lowest BCUT2D eigenvalue weighted by Crippen LogP contribution is -2.49. The molecule has 6 aliphatic rings. The van der Waals surface area contributed by atoms with Crippen molar-refractivity contribution in [3.05, 3.63) is 198 Å². The Hall–Kier alpha value is -6.65. The summed E-state index contributed by atoms with van der Waals surface area (Å²) in [5, 5.41) is 0. The minimum absolute atomic E-state index is 0.00324. The number of hydrogen-bond donors (Lipinski definition) is 0. The molecule has 4 bridgehead atoms. The number of nitrogens with zero attached hydrogens (tertiary/aromatic N) is 3. The van der Waals surface area contributed by atoms with E-state index in [1.807, 2.05) is 0 Å². The number of ether oxygens (including phenoxy) is 1. The molecule has 8 aromatic rings. The molecule has 4 fully saturated rings. The first-order chi connectivity index (χ1) is 29.6. The van der Waals surface area contributed by atoms with Gasteiger partial charge in [0.05, 0.1) is 5.41 Å². The van der Waals surface area contributed by atoms with Crippen molar-refractivity contribution in [2.24, 2.45) is 17.8 Å². The fourth-order valence-corrected chi connectivity index (χ4v) is 12.7. The molecule has 4 nitrogen and oxygen atoms in total. The van der Waals surface area contributed by atoms with Gasteiger partial charge in [0.15, 0.2) is 11.6 Å². The van der Waals surface area contributed by atoms with E-state index in [4.69, 9.17) is 19.7 Å². The molecule has 14 rings (SSSR count). The molecule has 0 radical (unpaired) electrons. The zero-order valence-electron chi connectivity index (χ0n) is 33.4. The van der Waals surface area contributed by atoms with Gasteiger partial charge in [-0.1, -0.05) is 158 Å². The third-order valence-corrected chi connectivity index (χ3v) is 14.7. The van der Waals surface area contributed by atoms with Gasteiger partial charge in [-0.15, -0.1) is 0 Å². The van der Waals surface area contributed by atoms with Crippen molar-refractivity contribution in [3.63, 3.8) is 0 Å². The Balaban J connectivity index is 1.02. The second-order valence-electron chi connectivity index (χ2n) is 18.1. The van der Waals surface area contributed by atoms with E-state index in [-0.39, 0.29) is 5.41 Å². The highest BCUT2D eigenvalue weighted by Gasteiger charge is 2.54. The SMILES string of the molecule is c1ccc(-c2ccc(-c3nc(-c4ccccc4-c4cccc5c4-c4ccccc4C54c5ccccc5Oc5ccccc54)nc(C45CC6CC(CC(C6)C4)C5)n3)cc2)cc1. The Morgan fingerprint density at radius 3 is 1.57 bits per heavy atom. The predicted molar refractivity (Wildman–Crippen MR) is 239 cm³/mol. The monoisotopic (exact) mass is 773 g/mol. The summed E-state index contributed by atoms with van der Waals surface area (Å²) < 4.78 is 6.64. The van der Waals surface area contributed by atoms with Crippen LogP contribution in [-0.2, 0) is 10.8 Å². The van der Waals surface area contributed by atoms with Crippen LogP contribution in [0.15, 0.2) is 170 Å². The highest BCUT2D eigenvalue weighted by atomic mass is 16.5. The molecule has 1 spiro atoms. The van der Waals surface area contributed by atoms with Crippen LogP contribution in [0.5, 0.6) is 11.5 Å². The van der Waals surface area contributed by atoms with Crippen LogP contribution in [0, 0.1) is 17.8 Å². The minimum Gasteiger partial charge on any atom is -0.457 e. The summed E-state index contributed by atoms with van der Waals surface area (Å²) in [7, 11) is 0. The molecular formula is C56H43N3O. The van der Waals surface area contributed by atoms with Crippen LogP contribution in [0.2, 0.25) is 0 Å². The lowest BCUT2D eigenvalue weighted by molar-refractivity contribution is -0.00938. The fourth-order valence-electron chi connectivity index (χ4n) is 12.7. The quantitative estimate of drug-likeness (QED) is 0.175. The first-order valence-corrected chi connectivity index (χ1v) is 21.8. The molecule has 5 aliphatic carbocycles. The summed E-state index contributed by atoms with van der Waals surface area (Å²) in [6, 6.07) is 61.3. The second-order valence-corrected chi connectivity index (χ2v) is 18.1. The Bertz CT molecular complexity index is 2920. The molecule has 288 valence electrons. The first kappa shape index (κ1) is 34.2. The number of fused-ring (bicyclic) bond motifs is 9. The maximum absolute atomic E-state index is 6.64. The van der Waals surface area contributed by atoms with E-state index in [1.165, 1.54) is 88.6 Å². The molecule has 0 unspecified atom stereocenters. The van der Waals surface area contributed by atoms with Gasteiger partial charge in [-0.2, -0.15) is 0 Å². The molecule has 2 heterocycles. The average molecular weight is 774 g/mol. The van der Waals surface area contributed by atoms with Crippen LogP contribution in [-0.4, -0.2) is 15.0 Å². The molecule has 60 heavy (non-hydrogen) atoms. The van der Waals surface area contributed by atoms with E-state index in [9.17, 15) is 0 Å². The molecule has 4 heteroatoms. The van der Waals surface area contributed by atoms with E-state index in [0.717, 1.165) is 63.4 Å². The van der Waals surface area contributed by atoms with Crippen LogP contribution < -0.4 is 4.74 Å². The van der Waals surface area contributed by atoms with Gasteiger partial charge in [-0.25, -0.2) is 15.0 Å². The minimum atomic E-state index is -0.541. The topological polar surface area (TPSA) is 47.9 Å². The average Bonchev–Trinajstić information content (AvgIpc) is 3.60. The van der Waals surface area contributed by atoms with Gasteiger partial charge in [0, 0.05) is 27.7 Å². The van der Waals surface area contributed by atoms with Crippen molar-refractivity contribution in [2.45, 2.75) is 49.4 Å². The zero-order chi connectivity index (χ0) is 39.4. The van der Waals surface area contributed by atoms with Crippen molar-refractivity contribution < 1.29 is 4.74 Å². The standard InChI is InChI=1S/C56H43N3O/c1-2-13-38(14-3-1)39-25-27-40(28-26-39)52-57-53(59-54(58-52)55-32-35-29-36(33-55)31-37(30-35)34-55)43-16-5-4-15-41(43)42-18-12-22-48-51(42)44-17-6-7-19-45(44)56(48)46-20-8-10-23-49(46)60-50-24-11-9-21-47(50)56/h1-28,35-37H,29-34H2. The van der Waals surface area contributed by atoms with E-state index in [2.05, 4.69) is 170 Å². The second kappa shape index (κ2) is 12.9. The summed E-state index contributed by atoms with van der Waals surface area (Å²) in [4.78, 5) is 16.5. The van der Waals surface area contributed by atoms with Gasteiger partial charge in [0.1, 0.15) is 17.3 Å². The fraction of sp³-hybridized carbons (Fsp3) is 0.196. The van der Waals surface area contributed by atoms with Crippen LogP contribution in [0.3, 0.4) is 0 Å². The van der Waals surface area contributed by atoms with Gasteiger partial charge in [-0.05, 0) is 113 Å². The summed E-state index contributed by atoms with van der Waals surface area (Å²) in [6.07, 6.45) is 7.68. The van der Waals surface area contributed by atoms with Crippen LogP contribution in [0.25, 0.3) is 56.2 Å². The Morgan fingerprint density at radius 1 is 0.383 bits per heavy atom. The van der Waals surface area contributed by atoms with Crippen LogP contribution in [0.1, 0.15) is 66.6 Å². The van der Waals surface area contributed by atoms with Gasteiger partial charge in [0.25, 0.3) is 0 Å². The van der Waals surface area contributed by atoms with E-state index in [0.29, 0.717) is 0 Å². The molecule has 0 N–H and O–H groups in total. The largest absolute Gasteiger partial charge is 0.457 e. The highest BCUT2D eigenvalue weighted by molar-refractivity contribution is 5.99. The maximum atomic E-state index is 6.64. The number of para-hydroxylation sites is 2. The van der Waals surface area contributed by atoms with Gasteiger partial charge >= 0.3 is 0 Å². The van der Waals surface area contributed by atoms with Crippen molar-refractivity contribution in [1.82, 2.24) is 15.0 Å². The maximum Gasteiger partial charge on any atom is 0.164 e. The highest BCUT2D eigenvalue weighted by Crippen LogP contribution is 2.64. The van der Waals surface area contributed by atoms with Crippen LogP contribution >= 0.6 is 0 Å².